The third kappa shape index (κ3) is 19.4. The van der Waals surface area contributed by atoms with Crippen LogP contribution in [0.25, 0.3) is 0 Å². The van der Waals surface area contributed by atoms with Gasteiger partial charge in [0.15, 0.2) is 0 Å². The molecule has 0 spiro atoms. The molecular formula is C21H42O2. The summed E-state index contributed by atoms with van der Waals surface area (Å²) < 4.78 is 5.30. The molecule has 0 aromatic rings. The molecule has 0 saturated heterocycles. The number of hydrogen-bond donors (Lipinski definition) is 0. The van der Waals surface area contributed by atoms with Gasteiger partial charge in [-0.3, -0.25) is 4.79 Å². The Bertz CT molecular complexity index is 238. The first-order valence-electron chi connectivity index (χ1n) is 10.5. The van der Waals surface area contributed by atoms with Gasteiger partial charge in [-0.1, -0.05) is 104 Å². The molecule has 23 heavy (non-hydrogen) atoms. The van der Waals surface area contributed by atoms with Crippen LogP contribution in [0.1, 0.15) is 123 Å². The molecule has 0 saturated carbocycles. The second-order valence-electron chi connectivity index (χ2n) is 6.92. The van der Waals surface area contributed by atoms with Crippen LogP contribution >= 0.6 is 0 Å². The van der Waals surface area contributed by atoms with Crippen LogP contribution in [0.15, 0.2) is 0 Å². The molecule has 0 rings (SSSR count). The normalized spacial score (nSPS) is 10.9. The zero-order valence-corrected chi connectivity index (χ0v) is 16.0. The summed E-state index contributed by atoms with van der Waals surface area (Å²) in [6.45, 7) is 5.12. The van der Waals surface area contributed by atoms with E-state index in [4.69, 9.17) is 4.74 Å². The lowest BCUT2D eigenvalue weighted by molar-refractivity contribution is -0.143. The molecule has 0 atom stereocenters. The molecule has 0 amide bonds. The molecule has 0 aliphatic heterocycles. The third-order valence-corrected chi connectivity index (χ3v) is 4.50. The minimum atomic E-state index is 0.0106. The number of unbranched alkanes of at least 4 members (excludes halogenated alkanes) is 14. The predicted molar refractivity (Wildman–Crippen MR) is 101 cm³/mol. The Labute approximate surface area is 145 Å². The highest BCUT2D eigenvalue weighted by Crippen LogP contribution is 2.11. The zero-order chi connectivity index (χ0) is 17.0. The van der Waals surface area contributed by atoms with Crippen molar-refractivity contribution in [3.05, 3.63) is 0 Å². The summed E-state index contributed by atoms with van der Waals surface area (Å²) in [6, 6.07) is 0. The second kappa shape index (κ2) is 19.5. The number of ether oxygens (including phenoxy) is 1. The predicted octanol–water partition coefficient (Wildman–Crippen LogP) is 7.20. The molecule has 0 aliphatic carbocycles. The van der Waals surface area contributed by atoms with Crippen LogP contribution in [0.3, 0.4) is 0 Å². The lowest BCUT2D eigenvalue weighted by atomic mass is 10.1. The van der Waals surface area contributed by atoms with E-state index < -0.39 is 0 Å². The Hall–Kier alpha value is -0.530. The number of rotatable bonds is 18. The fraction of sp³-hybridized carbons (Fsp3) is 0.952. The largest absolute Gasteiger partial charge is 0.466 e. The molecular weight excluding hydrogens is 284 g/mol. The fourth-order valence-corrected chi connectivity index (χ4v) is 2.90. The van der Waals surface area contributed by atoms with Gasteiger partial charge in [0.2, 0.25) is 0 Å². The summed E-state index contributed by atoms with van der Waals surface area (Å²) in [5.41, 5.74) is 0. The lowest BCUT2D eigenvalue weighted by Gasteiger charge is -2.05. The van der Waals surface area contributed by atoms with E-state index in [1.54, 1.807) is 0 Å². The fourth-order valence-electron chi connectivity index (χ4n) is 2.90. The molecule has 2 heteroatoms. The molecule has 2 nitrogen and oxygen atoms in total. The van der Waals surface area contributed by atoms with Crippen molar-refractivity contribution < 1.29 is 9.53 Å². The topological polar surface area (TPSA) is 26.3 Å². The van der Waals surface area contributed by atoms with E-state index in [9.17, 15) is 4.79 Å². The lowest BCUT2D eigenvalue weighted by Crippen LogP contribution is -2.05. The van der Waals surface area contributed by atoms with E-state index in [1.807, 2.05) is 0 Å². The van der Waals surface area contributed by atoms with Crippen molar-refractivity contribution in [1.82, 2.24) is 0 Å². The molecule has 0 aliphatic rings. The van der Waals surface area contributed by atoms with Crippen LogP contribution in [-0.2, 0) is 9.53 Å². The average molecular weight is 327 g/mol. The maximum absolute atomic E-state index is 11.6. The standard InChI is InChI=1S/C21H42O2/c1-3-5-7-9-11-12-13-14-16-18-20-23-21(22)19-17-15-10-8-6-4-2/h3-20H2,1-2H3. The van der Waals surface area contributed by atoms with Crippen molar-refractivity contribution in [2.24, 2.45) is 0 Å². The van der Waals surface area contributed by atoms with Gasteiger partial charge >= 0.3 is 5.97 Å². The van der Waals surface area contributed by atoms with Crippen LogP contribution in [0.4, 0.5) is 0 Å². The minimum Gasteiger partial charge on any atom is -0.466 e. The first-order valence-corrected chi connectivity index (χ1v) is 10.5. The van der Waals surface area contributed by atoms with Crippen LogP contribution in [0.2, 0.25) is 0 Å². The molecule has 0 heterocycles. The van der Waals surface area contributed by atoms with Gasteiger partial charge in [-0.15, -0.1) is 0 Å². The molecule has 0 radical (unpaired) electrons. The van der Waals surface area contributed by atoms with E-state index in [2.05, 4.69) is 13.8 Å². The van der Waals surface area contributed by atoms with Gasteiger partial charge in [0.1, 0.15) is 0 Å². The SMILES string of the molecule is CCCCCCCCCCCCOC(=O)CCCCCCCC. The van der Waals surface area contributed by atoms with Crippen LogP contribution in [0.5, 0.6) is 0 Å². The maximum Gasteiger partial charge on any atom is 0.305 e. The summed E-state index contributed by atoms with van der Waals surface area (Å²) in [7, 11) is 0. The highest BCUT2D eigenvalue weighted by molar-refractivity contribution is 5.69. The molecule has 138 valence electrons. The van der Waals surface area contributed by atoms with E-state index in [1.165, 1.54) is 89.9 Å². The first-order chi connectivity index (χ1) is 11.3. The zero-order valence-electron chi connectivity index (χ0n) is 16.0. The Morgan fingerprint density at radius 1 is 0.565 bits per heavy atom. The van der Waals surface area contributed by atoms with Gasteiger partial charge in [0.05, 0.1) is 6.61 Å². The number of carbonyl (C=O) groups excluding carboxylic acids is 1. The van der Waals surface area contributed by atoms with Gasteiger partial charge in [0, 0.05) is 6.42 Å². The Kier molecular flexibility index (Phi) is 19.1. The van der Waals surface area contributed by atoms with Crippen molar-refractivity contribution in [2.75, 3.05) is 6.61 Å². The molecule has 0 fully saturated rings. The summed E-state index contributed by atoms with van der Waals surface area (Å²) in [5.74, 6) is 0.0106. The Morgan fingerprint density at radius 2 is 0.957 bits per heavy atom. The van der Waals surface area contributed by atoms with Crippen LogP contribution in [-0.4, -0.2) is 12.6 Å². The van der Waals surface area contributed by atoms with Crippen LogP contribution < -0.4 is 0 Å². The second-order valence-corrected chi connectivity index (χ2v) is 6.92. The monoisotopic (exact) mass is 326 g/mol. The van der Waals surface area contributed by atoms with E-state index in [0.717, 1.165) is 12.8 Å². The van der Waals surface area contributed by atoms with Crippen molar-refractivity contribution in [3.8, 4) is 0 Å². The Balaban J connectivity index is 3.11. The van der Waals surface area contributed by atoms with Gasteiger partial charge in [0.25, 0.3) is 0 Å². The van der Waals surface area contributed by atoms with E-state index in [0.29, 0.717) is 13.0 Å². The highest BCUT2D eigenvalue weighted by Gasteiger charge is 2.02. The van der Waals surface area contributed by atoms with Crippen molar-refractivity contribution >= 4 is 5.97 Å². The summed E-state index contributed by atoms with van der Waals surface area (Å²) in [6.07, 6.45) is 21.2. The van der Waals surface area contributed by atoms with Gasteiger partial charge in [-0.05, 0) is 12.8 Å². The summed E-state index contributed by atoms with van der Waals surface area (Å²) >= 11 is 0. The maximum atomic E-state index is 11.6. The van der Waals surface area contributed by atoms with Crippen molar-refractivity contribution in [3.63, 3.8) is 0 Å². The van der Waals surface area contributed by atoms with Gasteiger partial charge in [-0.25, -0.2) is 0 Å². The third-order valence-electron chi connectivity index (χ3n) is 4.50. The van der Waals surface area contributed by atoms with E-state index in [-0.39, 0.29) is 5.97 Å². The number of carbonyl (C=O) groups is 1. The average Bonchev–Trinajstić information content (AvgIpc) is 2.56. The van der Waals surface area contributed by atoms with Gasteiger partial charge in [-0.2, -0.15) is 0 Å². The number of hydrogen-bond acceptors (Lipinski definition) is 2. The van der Waals surface area contributed by atoms with E-state index >= 15 is 0 Å². The Morgan fingerprint density at radius 3 is 1.43 bits per heavy atom. The first kappa shape index (κ1) is 22.5. The molecule has 0 N–H and O–H groups in total. The molecule has 0 bridgehead atoms. The smallest absolute Gasteiger partial charge is 0.305 e. The molecule has 0 aromatic heterocycles. The van der Waals surface area contributed by atoms with Gasteiger partial charge < -0.3 is 4.74 Å². The number of esters is 1. The summed E-state index contributed by atoms with van der Waals surface area (Å²) in [4.78, 5) is 11.6. The highest BCUT2D eigenvalue weighted by atomic mass is 16.5. The van der Waals surface area contributed by atoms with Crippen molar-refractivity contribution in [1.29, 1.82) is 0 Å². The minimum absolute atomic E-state index is 0.0106. The quantitative estimate of drug-likeness (QED) is 0.196. The van der Waals surface area contributed by atoms with Crippen molar-refractivity contribution in [2.45, 2.75) is 123 Å². The van der Waals surface area contributed by atoms with Crippen LogP contribution in [0, 0.1) is 0 Å². The molecule has 0 aromatic carbocycles. The summed E-state index contributed by atoms with van der Waals surface area (Å²) in [5, 5.41) is 0. The molecule has 0 unspecified atom stereocenters.